The first-order valence-corrected chi connectivity index (χ1v) is 7.94. The van der Waals surface area contributed by atoms with E-state index in [2.05, 4.69) is 5.32 Å². The fraction of sp³-hybridized carbons (Fsp3) is 0.529. The molecule has 1 aromatic rings. The summed E-state index contributed by atoms with van der Waals surface area (Å²) in [7, 11) is 0. The Hall–Kier alpha value is -2.05. The second kappa shape index (κ2) is 7.68. The van der Waals surface area contributed by atoms with Crippen molar-refractivity contribution < 1.29 is 22.8 Å². The van der Waals surface area contributed by atoms with Gasteiger partial charge in [0.15, 0.2) is 0 Å². The molecule has 7 heteroatoms. The Kier molecular flexibility index (Phi) is 5.85. The molecule has 2 rings (SSSR count). The molecule has 0 aromatic heterocycles. The molecule has 0 saturated carbocycles. The van der Waals surface area contributed by atoms with Gasteiger partial charge in [0.25, 0.3) is 0 Å². The van der Waals surface area contributed by atoms with Crippen LogP contribution < -0.4 is 5.32 Å². The number of nitrogens with one attached hydrogen (secondary N) is 1. The lowest BCUT2D eigenvalue weighted by atomic mass is 9.96. The second-order valence-corrected chi connectivity index (χ2v) is 6.06. The molecule has 0 radical (unpaired) electrons. The number of hydrogen-bond donors (Lipinski definition) is 1. The smallest absolute Gasteiger partial charge is 0.352 e. The van der Waals surface area contributed by atoms with E-state index in [4.69, 9.17) is 0 Å². The van der Waals surface area contributed by atoms with Crippen LogP contribution in [-0.4, -0.2) is 41.5 Å². The molecule has 0 spiro atoms. The zero-order valence-corrected chi connectivity index (χ0v) is 13.5. The normalized spacial score (nSPS) is 21.4. The van der Waals surface area contributed by atoms with Gasteiger partial charge in [0.1, 0.15) is 6.04 Å². The molecule has 24 heavy (non-hydrogen) atoms. The Balaban J connectivity index is 2.04. The largest absolute Gasteiger partial charge is 0.408 e. The molecule has 132 valence electrons. The summed E-state index contributed by atoms with van der Waals surface area (Å²) in [6.07, 6.45) is -4.02. The Morgan fingerprint density at radius 2 is 1.88 bits per heavy atom. The number of amides is 2. The summed E-state index contributed by atoms with van der Waals surface area (Å²) in [5.41, 5.74) is 0.907. The van der Waals surface area contributed by atoms with E-state index in [-0.39, 0.29) is 31.7 Å². The van der Waals surface area contributed by atoms with Gasteiger partial charge in [-0.05, 0) is 24.8 Å². The van der Waals surface area contributed by atoms with Crippen LogP contribution in [0.4, 0.5) is 13.2 Å². The van der Waals surface area contributed by atoms with Crippen molar-refractivity contribution in [3.63, 3.8) is 0 Å². The molecule has 4 nitrogen and oxygen atoms in total. The fourth-order valence-electron chi connectivity index (χ4n) is 3.03. The SMILES string of the molecule is CC(=O)N[C@H]1CC[C@@H](C(F)(F)F)N(C(=O)CCc2ccccc2)C1. The van der Waals surface area contributed by atoms with Gasteiger partial charge in [-0.25, -0.2) is 0 Å². The van der Waals surface area contributed by atoms with Crippen molar-refractivity contribution >= 4 is 11.8 Å². The highest BCUT2D eigenvalue weighted by atomic mass is 19.4. The maximum absolute atomic E-state index is 13.2. The van der Waals surface area contributed by atoms with Crippen LogP contribution in [-0.2, 0) is 16.0 Å². The monoisotopic (exact) mass is 342 g/mol. The number of carbonyl (C=O) groups excluding carboxylic acids is 2. The third kappa shape index (κ3) is 4.97. The predicted molar refractivity (Wildman–Crippen MR) is 83.2 cm³/mol. The maximum atomic E-state index is 13.2. The Morgan fingerprint density at radius 3 is 2.46 bits per heavy atom. The number of halogens is 3. The topological polar surface area (TPSA) is 49.4 Å². The molecule has 1 aliphatic rings. The highest BCUT2D eigenvalue weighted by molar-refractivity contribution is 5.77. The number of likely N-dealkylation sites (tertiary alicyclic amines) is 1. The average Bonchev–Trinajstić information content (AvgIpc) is 2.52. The third-order valence-electron chi connectivity index (χ3n) is 4.16. The van der Waals surface area contributed by atoms with Crippen molar-refractivity contribution in [2.24, 2.45) is 0 Å². The number of piperidine rings is 1. The number of hydrogen-bond acceptors (Lipinski definition) is 2. The summed E-state index contributed by atoms with van der Waals surface area (Å²) in [6.45, 7) is 1.22. The molecule has 1 aliphatic heterocycles. The van der Waals surface area contributed by atoms with Crippen LogP contribution >= 0.6 is 0 Å². The summed E-state index contributed by atoms with van der Waals surface area (Å²) in [5.74, 6) is -0.835. The molecule has 1 fully saturated rings. The minimum atomic E-state index is -4.45. The van der Waals surface area contributed by atoms with Crippen LogP contribution in [0, 0.1) is 0 Å². The van der Waals surface area contributed by atoms with E-state index in [1.165, 1.54) is 6.92 Å². The summed E-state index contributed by atoms with van der Waals surface area (Å²) in [6, 6.07) is 6.97. The first-order chi connectivity index (χ1) is 11.3. The molecule has 2 amide bonds. The first kappa shape index (κ1) is 18.3. The van der Waals surface area contributed by atoms with Crippen LogP contribution in [0.2, 0.25) is 0 Å². The van der Waals surface area contributed by atoms with Gasteiger partial charge in [0.2, 0.25) is 11.8 Å². The van der Waals surface area contributed by atoms with Gasteiger partial charge in [-0.15, -0.1) is 0 Å². The summed E-state index contributed by atoms with van der Waals surface area (Å²) >= 11 is 0. The molecule has 0 bridgehead atoms. The molecule has 0 unspecified atom stereocenters. The van der Waals surface area contributed by atoms with E-state index in [1.54, 1.807) is 0 Å². The molecular formula is C17H21F3N2O2. The zero-order chi connectivity index (χ0) is 17.7. The van der Waals surface area contributed by atoms with E-state index in [1.807, 2.05) is 30.3 Å². The van der Waals surface area contributed by atoms with Crippen LogP contribution in [0.1, 0.15) is 31.7 Å². The first-order valence-electron chi connectivity index (χ1n) is 7.94. The highest BCUT2D eigenvalue weighted by Gasteiger charge is 2.47. The Bertz CT molecular complexity index is 575. The lowest BCUT2D eigenvalue weighted by molar-refractivity contribution is -0.197. The van der Waals surface area contributed by atoms with E-state index in [0.29, 0.717) is 6.42 Å². The summed E-state index contributed by atoms with van der Waals surface area (Å²) in [4.78, 5) is 24.4. The summed E-state index contributed by atoms with van der Waals surface area (Å²) < 4.78 is 39.7. The number of aryl methyl sites for hydroxylation is 1. The van der Waals surface area contributed by atoms with E-state index >= 15 is 0 Å². The predicted octanol–water partition coefficient (Wildman–Crippen LogP) is 2.68. The second-order valence-electron chi connectivity index (χ2n) is 6.06. The highest BCUT2D eigenvalue weighted by Crippen LogP contribution is 2.32. The molecule has 2 atom stereocenters. The number of rotatable bonds is 4. The molecule has 1 N–H and O–H groups in total. The minimum absolute atomic E-state index is 0.0172. The fourth-order valence-corrected chi connectivity index (χ4v) is 3.03. The number of benzene rings is 1. The van der Waals surface area contributed by atoms with Gasteiger partial charge in [0, 0.05) is 25.9 Å². The summed E-state index contributed by atoms with van der Waals surface area (Å²) in [5, 5.41) is 2.61. The maximum Gasteiger partial charge on any atom is 0.408 e. The van der Waals surface area contributed by atoms with Crippen molar-refractivity contribution in [1.29, 1.82) is 0 Å². The number of nitrogens with zero attached hydrogens (tertiary/aromatic N) is 1. The lowest BCUT2D eigenvalue weighted by Gasteiger charge is -2.40. The zero-order valence-electron chi connectivity index (χ0n) is 13.5. The van der Waals surface area contributed by atoms with Crippen molar-refractivity contribution in [2.75, 3.05) is 6.54 Å². The van der Waals surface area contributed by atoms with Crippen molar-refractivity contribution in [1.82, 2.24) is 10.2 Å². The third-order valence-corrected chi connectivity index (χ3v) is 4.16. The van der Waals surface area contributed by atoms with Crippen LogP contribution in [0.25, 0.3) is 0 Å². The molecule has 1 heterocycles. The standard InChI is InChI=1S/C17H21F3N2O2/c1-12(23)21-14-8-9-15(17(18,19)20)22(11-14)16(24)10-7-13-5-3-2-4-6-13/h2-6,14-15H,7-11H2,1H3,(H,21,23)/t14-,15-/m0/s1. The van der Waals surface area contributed by atoms with E-state index in [9.17, 15) is 22.8 Å². The number of alkyl halides is 3. The van der Waals surface area contributed by atoms with Crippen molar-refractivity contribution in [3.05, 3.63) is 35.9 Å². The van der Waals surface area contributed by atoms with Gasteiger partial charge in [-0.3, -0.25) is 9.59 Å². The molecular weight excluding hydrogens is 321 g/mol. The quantitative estimate of drug-likeness (QED) is 0.915. The van der Waals surface area contributed by atoms with Gasteiger partial charge >= 0.3 is 6.18 Å². The Morgan fingerprint density at radius 1 is 1.21 bits per heavy atom. The molecule has 1 aromatic carbocycles. The Labute approximate surface area is 139 Å². The minimum Gasteiger partial charge on any atom is -0.352 e. The van der Waals surface area contributed by atoms with Gasteiger partial charge in [0.05, 0.1) is 0 Å². The molecule has 0 aliphatic carbocycles. The lowest BCUT2D eigenvalue weighted by Crippen LogP contribution is -2.58. The average molecular weight is 342 g/mol. The van der Waals surface area contributed by atoms with Crippen molar-refractivity contribution in [2.45, 2.75) is 50.9 Å². The van der Waals surface area contributed by atoms with E-state index in [0.717, 1.165) is 10.5 Å². The van der Waals surface area contributed by atoms with Crippen molar-refractivity contribution in [3.8, 4) is 0 Å². The van der Waals surface area contributed by atoms with Crippen LogP contribution in [0.3, 0.4) is 0 Å². The van der Waals surface area contributed by atoms with Gasteiger partial charge in [-0.1, -0.05) is 30.3 Å². The number of carbonyl (C=O) groups is 2. The molecule has 1 saturated heterocycles. The van der Waals surface area contributed by atoms with Gasteiger partial charge in [-0.2, -0.15) is 13.2 Å². The van der Waals surface area contributed by atoms with E-state index < -0.39 is 24.2 Å². The van der Waals surface area contributed by atoms with Crippen LogP contribution in [0.15, 0.2) is 30.3 Å². The van der Waals surface area contributed by atoms with Gasteiger partial charge < -0.3 is 10.2 Å². The van der Waals surface area contributed by atoms with Crippen LogP contribution in [0.5, 0.6) is 0 Å².